The molecule has 2 aliphatic rings. The molecule has 1 fully saturated rings. The van der Waals surface area contributed by atoms with Crippen LogP contribution in [0.4, 0.5) is 11.4 Å². The summed E-state index contributed by atoms with van der Waals surface area (Å²) in [4.78, 5) is 26.9. The largest absolute Gasteiger partial charge is 0.325 e. The summed E-state index contributed by atoms with van der Waals surface area (Å²) in [6.45, 7) is 0.978. The molecule has 1 saturated heterocycles. The van der Waals surface area contributed by atoms with E-state index in [0.29, 0.717) is 43.7 Å². The number of amides is 2. The van der Waals surface area contributed by atoms with Crippen molar-refractivity contribution in [2.45, 2.75) is 37.0 Å². The summed E-state index contributed by atoms with van der Waals surface area (Å²) in [6, 6.07) is 14.0. The number of para-hydroxylation sites is 1. The SMILES string of the molecule is O=C(CN1C(=O)CCCc2cc(S(=O)(=O)N3CCCC3)ccc21)Nc1ccccc1. The molecule has 8 heteroatoms. The van der Waals surface area contributed by atoms with Gasteiger partial charge in [-0.05, 0) is 61.6 Å². The molecule has 0 aromatic heterocycles. The number of sulfonamides is 1. The average Bonchev–Trinajstić information content (AvgIpc) is 3.24. The Kier molecular flexibility index (Phi) is 5.87. The van der Waals surface area contributed by atoms with Crippen molar-refractivity contribution < 1.29 is 18.0 Å². The lowest BCUT2D eigenvalue weighted by atomic mass is 10.1. The van der Waals surface area contributed by atoms with Crippen LogP contribution in [0.5, 0.6) is 0 Å². The molecule has 0 radical (unpaired) electrons. The molecule has 30 heavy (non-hydrogen) atoms. The molecule has 2 heterocycles. The molecule has 0 bridgehead atoms. The van der Waals surface area contributed by atoms with Gasteiger partial charge in [-0.3, -0.25) is 9.59 Å². The van der Waals surface area contributed by atoms with Crippen LogP contribution in [0, 0.1) is 0 Å². The molecule has 2 aromatic rings. The second-order valence-corrected chi connectivity index (χ2v) is 9.59. The van der Waals surface area contributed by atoms with Gasteiger partial charge in [0.05, 0.1) is 4.90 Å². The summed E-state index contributed by atoms with van der Waals surface area (Å²) >= 11 is 0. The van der Waals surface area contributed by atoms with E-state index >= 15 is 0 Å². The minimum absolute atomic E-state index is 0.112. The van der Waals surface area contributed by atoms with Crippen molar-refractivity contribution in [2.75, 3.05) is 29.9 Å². The summed E-state index contributed by atoms with van der Waals surface area (Å²) in [5, 5.41) is 2.80. The number of benzene rings is 2. The number of nitrogens with one attached hydrogen (secondary N) is 1. The number of hydrogen-bond donors (Lipinski definition) is 1. The van der Waals surface area contributed by atoms with Crippen molar-refractivity contribution in [3.63, 3.8) is 0 Å². The highest BCUT2D eigenvalue weighted by Gasteiger charge is 2.30. The van der Waals surface area contributed by atoms with Gasteiger partial charge < -0.3 is 10.2 Å². The second-order valence-electron chi connectivity index (χ2n) is 7.65. The Balaban J connectivity index is 1.59. The first-order chi connectivity index (χ1) is 14.4. The van der Waals surface area contributed by atoms with Crippen molar-refractivity contribution in [1.29, 1.82) is 0 Å². The van der Waals surface area contributed by atoms with Crippen molar-refractivity contribution in [2.24, 2.45) is 0 Å². The van der Waals surface area contributed by atoms with Gasteiger partial charge in [0.25, 0.3) is 0 Å². The zero-order valence-electron chi connectivity index (χ0n) is 16.7. The molecule has 0 saturated carbocycles. The van der Waals surface area contributed by atoms with Gasteiger partial charge in [-0.1, -0.05) is 18.2 Å². The Hall–Kier alpha value is -2.71. The molecule has 0 aliphatic carbocycles. The molecule has 2 amide bonds. The number of hydrogen-bond acceptors (Lipinski definition) is 4. The monoisotopic (exact) mass is 427 g/mol. The average molecular weight is 428 g/mol. The zero-order valence-corrected chi connectivity index (χ0v) is 17.5. The molecule has 2 aliphatic heterocycles. The Morgan fingerprint density at radius 1 is 0.967 bits per heavy atom. The quantitative estimate of drug-likeness (QED) is 0.795. The van der Waals surface area contributed by atoms with E-state index in [1.165, 1.54) is 9.21 Å². The normalized spacial score (nSPS) is 17.5. The summed E-state index contributed by atoms with van der Waals surface area (Å²) in [5.74, 6) is -0.428. The first-order valence-corrected chi connectivity index (χ1v) is 11.7. The number of nitrogens with zero attached hydrogens (tertiary/aromatic N) is 2. The van der Waals surface area contributed by atoms with Crippen LogP contribution in [0.2, 0.25) is 0 Å². The number of rotatable bonds is 5. The summed E-state index contributed by atoms with van der Waals surface area (Å²) < 4.78 is 27.3. The number of carbonyl (C=O) groups is 2. The zero-order chi connectivity index (χ0) is 21.1. The van der Waals surface area contributed by atoms with Crippen LogP contribution < -0.4 is 10.2 Å². The molecule has 0 spiro atoms. The van der Waals surface area contributed by atoms with Crippen LogP contribution in [-0.2, 0) is 26.0 Å². The van der Waals surface area contributed by atoms with E-state index in [1.807, 2.05) is 18.2 Å². The fraction of sp³-hybridized carbons (Fsp3) is 0.364. The van der Waals surface area contributed by atoms with Crippen molar-refractivity contribution in [3.05, 3.63) is 54.1 Å². The maximum atomic E-state index is 12.9. The standard InChI is InChI=1S/C22H25N3O4S/c26-21(23-18-8-2-1-3-9-18)16-25-20-12-11-19(15-17(20)7-6-10-22(25)27)30(28,29)24-13-4-5-14-24/h1-3,8-9,11-12,15H,4-7,10,13-14,16H2,(H,23,26). The molecular formula is C22H25N3O4S. The lowest BCUT2D eigenvalue weighted by molar-refractivity contribution is -0.121. The van der Waals surface area contributed by atoms with Gasteiger partial charge in [0.15, 0.2) is 0 Å². The minimum atomic E-state index is -3.53. The maximum Gasteiger partial charge on any atom is 0.244 e. The first-order valence-electron chi connectivity index (χ1n) is 10.2. The molecule has 2 aromatic carbocycles. The first kappa shape index (κ1) is 20.6. The van der Waals surface area contributed by atoms with Crippen LogP contribution in [0.3, 0.4) is 0 Å². The highest BCUT2D eigenvalue weighted by atomic mass is 32.2. The summed E-state index contributed by atoms with van der Waals surface area (Å²) in [7, 11) is -3.53. The van der Waals surface area contributed by atoms with E-state index in [9.17, 15) is 18.0 Å². The van der Waals surface area contributed by atoms with Crippen LogP contribution >= 0.6 is 0 Å². The summed E-state index contributed by atoms with van der Waals surface area (Å²) in [6.07, 6.45) is 3.30. The van der Waals surface area contributed by atoms with E-state index in [4.69, 9.17) is 0 Å². The predicted octanol–water partition coefficient (Wildman–Crippen LogP) is 2.78. The second kappa shape index (κ2) is 8.57. The topological polar surface area (TPSA) is 86.8 Å². The van der Waals surface area contributed by atoms with E-state index in [-0.39, 0.29) is 23.3 Å². The van der Waals surface area contributed by atoms with Gasteiger partial charge in [0.1, 0.15) is 6.54 Å². The van der Waals surface area contributed by atoms with E-state index in [0.717, 1.165) is 18.4 Å². The van der Waals surface area contributed by atoms with E-state index < -0.39 is 10.0 Å². The van der Waals surface area contributed by atoms with E-state index in [2.05, 4.69) is 5.32 Å². The number of fused-ring (bicyclic) bond motifs is 1. The third-order valence-corrected chi connectivity index (χ3v) is 7.44. The molecule has 0 unspecified atom stereocenters. The van der Waals surface area contributed by atoms with Gasteiger partial charge in [-0.25, -0.2) is 8.42 Å². The Labute approximate surface area is 176 Å². The number of carbonyl (C=O) groups excluding carboxylic acids is 2. The van der Waals surface area contributed by atoms with Crippen LogP contribution in [0.25, 0.3) is 0 Å². The maximum absolute atomic E-state index is 12.9. The third-order valence-electron chi connectivity index (χ3n) is 5.54. The van der Waals surface area contributed by atoms with Crippen molar-refractivity contribution >= 4 is 33.2 Å². The van der Waals surface area contributed by atoms with Crippen molar-refractivity contribution in [3.8, 4) is 0 Å². The highest BCUT2D eigenvalue weighted by molar-refractivity contribution is 7.89. The number of anilines is 2. The smallest absolute Gasteiger partial charge is 0.244 e. The highest BCUT2D eigenvalue weighted by Crippen LogP contribution is 2.31. The molecule has 1 N–H and O–H groups in total. The minimum Gasteiger partial charge on any atom is -0.325 e. The van der Waals surface area contributed by atoms with Gasteiger partial charge in [-0.2, -0.15) is 4.31 Å². The molecule has 7 nitrogen and oxygen atoms in total. The van der Waals surface area contributed by atoms with Gasteiger partial charge >= 0.3 is 0 Å². The van der Waals surface area contributed by atoms with E-state index in [1.54, 1.807) is 30.3 Å². The Bertz CT molecular complexity index is 1050. The van der Waals surface area contributed by atoms with Crippen LogP contribution in [0.1, 0.15) is 31.2 Å². The lowest BCUT2D eigenvalue weighted by Gasteiger charge is -2.23. The van der Waals surface area contributed by atoms with Crippen molar-refractivity contribution in [1.82, 2.24) is 4.31 Å². The number of aryl methyl sites for hydroxylation is 1. The molecule has 4 rings (SSSR count). The fourth-order valence-electron chi connectivity index (χ4n) is 4.00. The third kappa shape index (κ3) is 4.24. The van der Waals surface area contributed by atoms with Crippen LogP contribution in [0.15, 0.2) is 53.4 Å². The molecule has 0 atom stereocenters. The van der Waals surface area contributed by atoms with Gasteiger partial charge in [0.2, 0.25) is 21.8 Å². The van der Waals surface area contributed by atoms with Crippen LogP contribution in [-0.4, -0.2) is 44.2 Å². The fourth-order valence-corrected chi connectivity index (χ4v) is 5.57. The summed E-state index contributed by atoms with van der Waals surface area (Å²) in [5.41, 5.74) is 2.06. The van der Waals surface area contributed by atoms with Gasteiger partial charge in [-0.15, -0.1) is 0 Å². The Morgan fingerprint density at radius 2 is 1.70 bits per heavy atom. The lowest BCUT2D eigenvalue weighted by Crippen LogP contribution is -2.37. The molecule has 158 valence electrons. The predicted molar refractivity (Wildman–Crippen MR) is 115 cm³/mol. The van der Waals surface area contributed by atoms with Gasteiger partial charge in [0, 0.05) is 30.9 Å². The Morgan fingerprint density at radius 3 is 2.43 bits per heavy atom. The molecular weight excluding hydrogens is 402 g/mol.